The molecule has 2 aromatic rings. The lowest BCUT2D eigenvalue weighted by Gasteiger charge is -2.47. The number of para-hydroxylation sites is 2. The summed E-state index contributed by atoms with van der Waals surface area (Å²) >= 11 is 0. The summed E-state index contributed by atoms with van der Waals surface area (Å²) in [5, 5.41) is 0. The average Bonchev–Trinajstić information content (AvgIpc) is 2.78. The van der Waals surface area contributed by atoms with Gasteiger partial charge in [0, 0.05) is 49.5 Å². The van der Waals surface area contributed by atoms with Gasteiger partial charge in [-0.05, 0) is 57.9 Å². The largest absolute Gasteiger partial charge is 0.496 e. The number of benzene rings is 2. The molecule has 162 valence electrons. The van der Waals surface area contributed by atoms with Crippen molar-refractivity contribution < 1.29 is 9.47 Å². The highest BCUT2D eigenvalue weighted by molar-refractivity contribution is 5.46. The lowest BCUT2D eigenvalue weighted by atomic mass is 9.67. The highest BCUT2D eigenvalue weighted by atomic mass is 16.5. The van der Waals surface area contributed by atoms with Crippen LogP contribution in [0.4, 0.5) is 5.69 Å². The van der Waals surface area contributed by atoms with Crippen LogP contribution in [0.25, 0.3) is 0 Å². The first kappa shape index (κ1) is 21.2. The molecule has 2 aliphatic heterocycles. The van der Waals surface area contributed by atoms with Gasteiger partial charge in [-0.2, -0.15) is 0 Å². The molecule has 0 bridgehead atoms. The zero-order valence-electron chi connectivity index (χ0n) is 18.8. The number of rotatable bonds is 6. The van der Waals surface area contributed by atoms with E-state index in [1.165, 1.54) is 11.3 Å². The molecule has 4 rings (SSSR count). The van der Waals surface area contributed by atoms with Crippen LogP contribution < -0.4 is 9.64 Å². The molecule has 4 nitrogen and oxygen atoms in total. The summed E-state index contributed by atoms with van der Waals surface area (Å²) < 4.78 is 11.9. The van der Waals surface area contributed by atoms with Crippen LogP contribution in [0.15, 0.2) is 54.6 Å². The Morgan fingerprint density at radius 1 is 0.933 bits per heavy atom. The van der Waals surface area contributed by atoms with Crippen molar-refractivity contribution in [2.45, 2.75) is 44.1 Å². The van der Waals surface area contributed by atoms with Gasteiger partial charge in [-0.15, -0.1) is 0 Å². The van der Waals surface area contributed by atoms with E-state index >= 15 is 0 Å². The molecule has 0 N–H and O–H groups in total. The van der Waals surface area contributed by atoms with E-state index in [0.717, 1.165) is 64.3 Å². The highest BCUT2D eigenvalue weighted by Crippen LogP contribution is 2.47. The molecule has 0 radical (unpaired) electrons. The summed E-state index contributed by atoms with van der Waals surface area (Å²) in [7, 11) is 1.79. The van der Waals surface area contributed by atoms with Gasteiger partial charge in [-0.1, -0.05) is 36.4 Å². The molecular formula is C26H36N2O2. The quantitative estimate of drug-likeness (QED) is 0.690. The fraction of sp³-hybridized carbons (Fsp3) is 0.538. The van der Waals surface area contributed by atoms with E-state index in [2.05, 4.69) is 78.2 Å². The van der Waals surface area contributed by atoms with Gasteiger partial charge in [-0.3, -0.25) is 4.90 Å². The summed E-state index contributed by atoms with van der Waals surface area (Å²) in [6.45, 7) is 10.8. The summed E-state index contributed by atoms with van der Waals surface area (Å²) in [6.07, 6.45) is 3.23. The molecule has 0 aromatic heterocycles. The molecule has 2 heterocycles. The number of nitrogens with zero attached hydrogens (tertiary/aromatic N) is 2. The van der Waals surface area contributed by atoms with Gasteiger partial charge in [0.15, 0.2) is 0 Å². The van der Waals surface area contributed by atoms with Gasteiger partial charge in [0.25, 0.3) is 0 Å². The molecule has 2 aliphatic rings. The predicted molar refractivity (Wildman–Crippen MR) is 124 cm³/mol. The fourth-order valence-electron chi connectivity index (χ4n) is 5.38. The maximum Gasteiger partial charge on any atom is 0.122 e. The second-order valence-electron chi connectivity index (χ2n) is 9.43. The normalized spacial score (nSPS) is 24.6. The summed E-state index contributed by atoms with van der Waals surface area (Å²) in [6, 6.07) is 19.4. The first-order chi connectivity index (χ1) is 14.5. The Morgan fingerprint density at radius 2 is 1.63 bits per heavy atom. The van der Waals surface area contributed by atoms with Crippen molar-refractivity contribution in [3.05, 3.63) is 60.2 Å². The average molecular weight is 409 g/mol. The zero-order valence-corrected chi connectivity index (χ0v) is 18.8. The van der Waals surface area contributed by atoms with Crippen LogP contribution in [0.5, 0.6) is 5.75 Å². The van der Waals surface area contributed by atoms with Crippen molar-refractivity contribution in [3.8, 4) is 5.75 Å². The van der Waals surface area contributed by atoms with Crippen molar-refractivity contribution in [2.24, 2.45) is 0 Å². The molecule has 0 saturated carbocycles. The molecule has 1 atom stereocenters. The Kier molecular flexibility index (Phi) is 6.35. The first-order valence-electron chi connectivity index (χ1n) is 11.3. The third kappa shape index (κ3) is 4.65. The third-order valence-electron chi connectivity index (χ3n) is 6.92. The molecule has 2 fully saturated rings. The summed E-state index contributed by atoms with van der Waals surface area (Å²) in [5.41, 5.74) is 2.69. The lowest BCUT2D eigenvalue weighted by Crippen LogP contribution is -2.49. The van der Waals surface area contributed by atoms with Gasteiger partial charge in [0.2, 0.25) is 0 Å². The molecule has 2 saturated heterocycles. The van der Waals surface area contributed by atoms with E-state index in [0.29, 0.717) is 0 Å². The minimum absolute atomic E-state index is 0.102. The molecule has 0 amide bonds. The van der Waals surface area contributed by atoms with Crippen LogP contribution >= 0.6 is 0 Å². The van der Waals surface area contributed by atoms with Crippen molar-refractivity contribution >= 4 is 5.69 Å². The van der Waals surface area contributed by atoms with Gasteiger partial charge in [0.1, 0.15) is 5.75 Å². The topological polar surface area (TPSA) is 24.9 Å². The number of hydrogen-bond acceptors (Lipinski definition) is 4. The maximum absolute atomic E-state index is 6.11. The zero-order chi connectivity index (χ0) is 21.0. The monoisotopic (exact) mass is 408 g/mol. The van der Waals surface area contributed by atoms with E-state index in [1.807, 2.05) is 0 Å². The SMILES string of the molecule is COc1ccccc1[C@@]1(CCN2CCN(c3ccccc3)CC2)CCOC(C)(C)C1. The van der Waals surface area contributed by atoms with Crippen LogP contribution in [0, 0.1) is 0 Å². The number of methoxy groups -OCH3 is 1. The number of ether oxygens (including phenoxy) is 2. The van der Waals surface area contributed by atoms with Crippen LogP contribution in [0.3, 0.4) is 0 Å². The third-order valence-corrected chi connectivity index (χ3v) is 6.92. The molecule has 0 aliphatic carbocycles. The predicted octanol–water partition coefficient (Wildman–Crippen LogP) is 4.73. The molecule has 30 heavy (non-hydrogen) atoms. The minimum Gasteiger partial charge on any atom is -0.496 e. The van der Waals surface area contributed by atoms with Crippen molar-refractivity contribution in [1.29, 1.82) is 0 Å². The lowest BCUT2D eigenvalue weighted by molar-refractivity contribution is -0.0856. The van der Waals surface area contributed by atoms with Crippen LogP contribution in [0.2, 0.25) is 0 Å². The van der Waals surface area contributed by atoms with Crippen molar-refractivity contribution in [2.75, 3.05) is 51.3 Å². The van der Waals surface area contributed by atoms with Gasteiger partial charge >= 0.3 is 0 Å². The molecular weight excluding hydrogens is 372 g/mol. The van der Waals surface area contributed by atoms with E-state index in [4.69, 9.17) is 9.47 Å². The molecule has 0 spiro atoms. The summed E-state index contributed by atoms with van der Waals surface area (Å²) in [4.78, 5) is 5.14. The van der Waals surface area contributed by atoms with E-state index in [1.54, 1.807) is 7.11 Å². The van der Waals surface area contributed by atoms with Gasteiger partial charge in [-0.25, -0.2) is 0 Å². The Balaban J connectivity index is 1.46. The fourth-order valence-corrected chi connectivity index (χ4v) is 5.38. The highest BCUT2D eigenvalue weighted by Gasteiger charge is 2.43. The second kappa shape index (κ2) is 8.99. The number of piperazine rings is 1. The molecule has 4 heteroatoms. The van der Waals surface area contributed by atoms with E-state index in [9.17, 15) is 0 Å². The van der Waals surface area contributed by atoms with Gasteiger partial charge < -0.3 is 14.4 Å². The van der Waals surface area contributed by atoms with Crippen LogP contribution in [-0.2, 0) is 10.2 Å². The van der Waals surface area contributed by atoms with Crippen molar-refractivity contribution in [3.63, 3.8) is 0 Å². The number of anilines is 1. The Hall–Kier alpha value is -2.04. The Morgan fingerprint density at radius 3 is 2.33 bits per heavy atom. The number of hydrogen-bond donors (Lipinski definition) is 0. The van der Waals surface area contributed by atoms with Crippen LogP contribution in [-0.4, -0.2) is 56.9 Å². The first-order valence-corrected chi connectivity index (χ1v) is 11.3. The molecule has 0 unspecified atom stereocenters. The smallest absolute Gasteiger partial charge is 0.122 e. The maximum atomic E-state index is 6.11. The van der Waals surface area contributed by atoms with Crippen LogP contribution in [0.1, 0.15) is 38.7 Å². The Bertz CT molecular complexity index is 815. The van der Waals surface area contributed by atoms with E-state index < -0.39 is 0 Å². The summed E-state index contributed by atoms with van der Waals surface area (Å²) in [5.74, 6) is 1.02. The minimum atomic E-state index is -0.106. The molecule has 2 aromatic carbocycles. The van der Waals surface area contributed by atoms with E-state index in [-0.39, 0.29) is 11.0 Å². The Labute approximate surface area is 181 Å². The second-order valence-corrected chi connectivity index (χ2v) is 9.43. The van der Waals surface area contributed by atoms with Crippen molar-refractivity contribution in [1.82, 2.24) is 4.90 Å². The standard InChI is InChI=1S/C26H36N2O2/c1-25(2)21-26(14-20-30-25,23-11-7-8-12-24(23)29-3)13-15-27-16-18-28(19-17-27)22-9-5-4-6-10-22/h4-12H,13-21H2,1-3H3/t26-/m0/s1. The van der Waals surface area contributed by atoms with Gasteiger partial charge in [0.05, 0.1) is 12.7 Å².